The third kappa shape index (κ3) is 2.09. The van der Waals surface area contributed by atoms with Crippen molar-refractivity contribution < 1.29 is 23.8 Å². The number of benzene rings is 1. The van der Waals surface area contributed by atoms with Crippen LogP contribution in [0.15, 0.2) is 28.7 Å². The number of furan rings is 1. The molecule has 2 aromatic rings. The van der Waals surface area contributed by atoms with E-state index < -0.39 is 12.1 Å². The van der Waals surface area contributed by atoms with Gasteiger partial charge in [0.2, 0.25) is 6.10 Å². The first-order valence-corrected chi connectivity index (χ1v) is 4.99. The van der Waals surface area contributed by atoms with E-state index in [1.165, 1.54) is 7.11 Å². The number of methoxy groups -OCH3 is 2. The average Bonchev–Trinajstić information content (AvgIpc) is 2.79. The average molecular weight is 236 g/mol. The van der Waals surface area contributed by atoms with Gasteiger partial charge in [-0.25, -0.2) is 4.79 Å². The van der Waals surface area contributed by atoms with Crippen LogP contribution in [-0.4, -0.2) is 25.3 Å². The number of carbonyl (C=O) groups excluding carboxylic acids is 1. The van der Waals surface area contributed by atoms with Crippen LogP contribution in [0.1, 0.15) is 11.9 Å². The van der Waals surface area contributed by atoms with E-state index in [2.05, 4.69) is 4.74 Å². The fourth-order valence-electron chi connectivity index (χ4n) is 1.53. The molecule has 1 aromatic heterocycles. The van der Waals surface area contributed by atoms with E-state index in [1.54, 1.807) is 31.4 Å². The minimum absolute atomic E-state index is 0.153. The Balaban J connectivity index is 2.40. The Morgan fingerprint density at radius 2 is 2.12 bits per heavy atom. The number of aliphatic hydroxyl groups is 1. The van der Waals surface area contributed by atoms with Crippen molar-refractivity contribution in [1.29, 1.82) is 0 Å². The Kier molecular flexibility index (Phi) is 3.01. The zero-order chi connectivity index (χ0) is 12.4. The second kappa shape index (κ2) is 4.47. The molecule has 0 radical (unpaired) electrons. The Hall–Kier alpha value is -2.01. The number of fused-ring (bicyclic) bond motifs is 1. The number of rotatable bonds is 3. The maximum atomic E-state index is 11.2. The first-order chi connectivity index (χ1) is 8.15. The maximum Gasteiger partial charge on any atom is 0.342 e. The molecule has 0 aliphatic heterocycles. The lowest BCUT2D eigenvalue weighted by Crippen LogP contribution is -2.12. The van der Waals surface area contributed by atoms with Gasteiger partial charge in [0.25, 0.3) is 0 Å². The molecule has 0 spiro atoms. The summed E-state index contributed by atoms with van der Waals surface area (Å²) in [6.45, 7) is 0. The maximum absolute atomic E-state index is 11.2. The van der Waals surface area contributed by atoms with Crippen LogP contribution in [0.5, 0.6) is 5.75 Å². The molecule has 1 aromatic carbocycles. The predicted molar refractivity (Wildman–Crippen MR) is 59.7 cm³/mol. The zero-order valence-corrected chi connectivity index (χ0v) is 9.47. The second-order valence-corrected chi connectivity index (χ2v) is 3.48. The highest BCUT2D eigenvalue weighted by molar-refractivity contribution is 5.82. The predicted octanol–water partition coefficient (Wildman–Crippen LogP) is 1.65. The Morgan fingerprint density at radius 3 is 2.76 bits per heavy atom. The van der Waals surface area contributed by atoms with Crippen LogP contribution in [0.4, 0.5) is 0 Å². The topological polar surface area (TPSA) is 68.9 Å². The highest BCUT2D eigenvalue weighted by Gasteiger charge is 2.22. The summed E-state index contributed by atoms with van der Waals surface area (Å²) < 4.78 is 14.8. The van der Waals surface area contributed by atoms with Crippen LogP contribution >= 0.6 is 0 Å². The van der Waals surface area contributed by atoms with Crippen LogP contribution in [0.2, 0.25) is 0 Å². The summed E-state index contributed by atoms with van der Waals surface area (Å²) in [5.41, 5.74) is 0.573. The molecule has 0 amide bonds. The molecule has 1 unspecified atom stereocenters. The molecule has 0 aliphatic rings. The van der Waals surface area contributed by atoms with Crippen molar-refractivity contribution >= 4 is 16.9 Å². The minimum Gasteiger partial charge on any atom is -0.497 e. The van der Waals surface area contributed by atoms with Crippen molar-refractivity contribution in [3.05, 3.63) is 30.0 Å². The van der Waals surface area contributed by atoms with Crippen molar-refractivity contribution in [2.24, 2.45) is 0 Å². The van der Waals surface area contributed by atoms with Gasteiger partial charge in [-0.2, -0.15) is 0 Å². The molecule has 0 saturated heterocycles. The Labute approximate surface area is 97.6 Å². The van der Waals surface area contributed by atoms with Crippen LogP contribution in [-0.2, 0) is 9.53 Å². The first-order valence-electron chi connectivity index (χ1n) is 4.99. The Bertz CT molecular complexity index is 543. The molecule has 0 fully saturated rings. The van der Waals surface area contributed by atoms with Gasteiger partial charge in [-0.3, -0.25) is 0 Å². The molecule has 5 heteroatoms. The van der Waals surface area contributed by atoms with Crippen LogP contribution in [0.3, 0.4) is 0 Å². The molecule has 0 aliphatic carbocycles. The van der Waals surface area contributed by atoms with Gasteiger partial charge in [0, 0.05) is 5.39 Å². The van der Waals surface area contributed by atoms with Gasteiger partial charge in [-0.15, -0.1) is 0 Å². The number of ether oxygens (including phenoxy) is 2. The molecular formula is C12H12O5. The fourth-order valence-corrected chi connectivity index (χ4v) is 1.53. The van der Waals surface area contributed by atoms with Crippen LogP contribution in [0, 0.1) is 0 Å². The number of hydrogen-bond acceptors (Lipinski definition) is 5. The molecule has 1 heterocycles. The monoisotopic (exact) mass is 236 g/mol. The molecule has 1 atom stereocenters. The van der Waals surface area contributed by atoms with Gasteiger partial charge < -0.3 is 19.0 Å². The quantitative estimate of drug-likeness (QED) is 0.820. The van der Waals surface area contributed by atoms with Gasteiger partial charge in [0.1, 0.15) is 17.1 Å². The molecule has 2 rings (SSSR count). The summed E-state index contributed by atoms with van der Waals surface area (Å²) in [5, 5.41) is 10.4. The minimum atomic E-state index is -1.40. The van der Waals surface area contributed by atoms with Crippen molar-refractivity contribution in [2.45, 2.75) is 6.10 Å². The van der Waals surface area contributed by atoms with Crippen LogP contribution < -0.4 is 4.74 Å². The molecule has 0 saturated carbocycles. The third-order valence-electron chi connectivity index (χ3n) is 2.44. The number of carbonyl (C=O) groups is 1. The largest absolute Gasteiger partial charge is 0.497 e. The van der Waals surface area contributed by atoms with E-state index in [-0.39, 0.29) is 5.76 Å². The number of esters is 1. The highest BCUT2D eigenvalue weighted by Crippen LogP contribution is 2.27. The number of hydrogen-bond donors (Lipinski definition) is 1. The molecule has 1 N–H and O–H groups in total. The van der Waals surface area contributed by atoms with Gasteiger partial charge in [0.05, 0.1) is 14.2 Å². The smallest absolute Gasteiger partial charge is 0.342 e. The van der Waals surface area contributed by atoms with Crippen molar-refractivity contribution in [3.63, 3.8) is 0 Å². The van der Waals surface area contributed by atoms with E-state index in [1.807, 2.05) is 0 Å². The third-order valence-corrected chi connectivity index (χ3v) is 2.44. The fraction of sp³-hybridized carbons (Fsp3) is 0.250. The van der Waals surface area contributed by atoms with Crippen LogP contribution in [0.25, 0.3) is 11.0 Å². The lowest BCUT2D eigenvalue weighted by Gasteiger charge is -2.03. The normalized spacial score (nSPS) is 12.4. The summed E-state index contributed by atoms with van der Waals surface area (Å²) in [6, 6.07) is 6.79. The molecule has 5 nitrogen and oxygen atoms in total. The Morgan fingerprint density at radius 1 is 1.35 bits per heavy atom. The van der Waals surface area contributed by atoms with E-state index in [0.29, 0.717) is 11.3 Å². The zero-order valence-electron chi connectivity index (χ0n) is 9.47. The van der Waals surface area contributed by atoms with Crippen molar-refractivity contribution in [1.82, 2.24) is 0 Å². The summed E-state index contributed by atoms with van der Waals surface area (Å²) in [5.74, 6) is 0.0773. The van der Waals surface area contributed by atoms with Crippen molar-refractivity contribution in [2.75, 3.05) is 14.2 Å². The van der Waals surface area contributed by atoms with Crippen molar-refractivity contribution in [3.8, 4) is 5.75 Å². The number of aliphatic hydroxyl groups excluding tert-OH is 1. The van der Waals surface area contributed by atoms with E-state index in [9.17, 15) is 9.90 Å². The lowest BCUT2D eigenvalue weighted by atomic mass is 10.2. The van der Waals surface area contributed by atoms with E-state index >= 15 is 0 Å². The first kappa shape index (κ1) is 11.5. The second-order valence-electron chi connectivity index (χ2n) is 3.48. The van der Waals surface area contributed by atoms with E-state index in [0.717, 1.165) is 5.39 Å². The molecular weight excluding hydrogens is 224 g/mol. The summed E-state index contributed by atoms with van der Waals surface area (Å²) in [4.78, 5) is 11.2. The SMILES string of the molecule is COC(=O)C(O)c1cc2cc(OC)ccc2o1. The van der Waals surface area contributed by atoms with Gasteiger partial charge in [-0.1, -0.05) is 0 Å². The standard InChI is InChI=1S/C12H12O5/c1-15-8-3-4-9-7(5-8)6-10(17-9)11(13)12(14)16-2/h3-6,11,13H,1-2H3. The van der Waals surface area contributed by atoms with Gasteiger partial charge in [0.15, 0.2) is 0 Å². The van der Waals surface area contributed by atoms with Gasteiger partial charge >= 0.3 is 5.97 Å². The molecule has 17 heavy (non-hydrogen) atoms. The highest BCUT2D eigenvalue weighted by atomic mass is 16.5. The summed E-state index contributed by atoms with van der Waals surface area (Å²) >= 11 is 0. The summed E-state index contributed by atoms with van der Waals surface area (Å²) in [7, 11) is 2.77. The lowest BCUT2D eigenvalue weighted by molar-refractivity contribution is -0.151. The van der Waals surface area contributed by atoms with Gasteiger partial charge in [-0.05, 0) is 24.3 Å². The van der Waals surface area contributed by atoms with E-state index in [4.69, 9.17) is 9.15 Å². The summed E-state index contributed by atoms with van der Waals surface area (Å²) in [6.07, 6.45) is -1.40. The molecule has 90 valence electrons. The molecule has 0 bridgehead atoms.